The fraction of sp³-hybridized carbons (Fsp3) is 0.667. The Kier molecular flexibility index (Phi) is 5.01. The van der Waals surface area contributed by atoms with E-state index in [1.165, 1.54) is 0 Å². The van der Waals surface area contributed by atoms with E-state index in [0.717, 1.165) is 63.2 Å². The molecule has 0 radical (unpaired) electrons. The quantitative estimate of drug-likeness (QED) is 0.889. The second-order valence-corrected chi connectivity index (χ2v) is 7.29. The molecule has 1 unspecified atom stereocenters. The molecule has 0 bridgehead atoms. The van der Waals surface area contributed by atoms with Crippen molar-refractivity contribution in [1.29, 1.82) is 0 Å². The predicted octanol–water partition coefficient (Wildman–Crippen LogP) is 1.37. The Balaban J connectivity index is 1.38. The smallest absolute Gasteiger partial charge is 0.231 e. The van der Waals surface area contributed by atoms with E-state index in [9.17, 15) is 4.79 Å². The van der Waals surface area contributed by atoms with E-state index in [-0.39, 0.29) is 5.91 Å². The molecule has 1 amide bonds. The van der Waals surface area contributed by atoms with E-state index in [1.54, 1.807) is 13.2 Å². The van der Waals surface area contributed by atoms with E-state index in [1.807, 2.05) is 10.6 Å². The molecule has 4 heterocycles. The molecule has 8 heteroatoms. The summed E-state index contributed by atoms with van der Waals surface area (Å²) < 4.78 is 7.03. The van der Waals surface area contributed by atoms with E-state index in [4.69, 9.17) is 4.74 Å². The maximum absolute atomic E-state index is 11.8. The van der Waals surface area contributed by atoms with E-state index >= 15 is 0 Å². The van der Waals surface area contributed by atoms with Crippen molar-refractivity contribution in [3.05, 3.63) is 18.0 Å². The lowest BCUT2D eigenvalue weighted by Crippen LogP contribution is -2.45. The first kappa shape index (κ1) is 17.2. The van der Waals surface area contributed by atoms with E-state index in [0.29, 0.717) is 24.3 Å². The molecule has 2 aromatic heterocycles. The van der Waals surface area contributed by atoms with Crippen molar-refractivity contribution in [3.63, 3.8) is 0 Å². The molecule has 140 valence electrons. The van der Waals surface area contributed by atoms with Gasteiger partial charge in [0.2, 0.25) is 11.8 Å². The maximum atomic E-state index is 11.8. The van der Waals surface area contributed by atoms with Crippen LogP contribution in [0.15, 0.2) is 12.1 Å². The first-order valence-corrected chi connectivity index (χ1v) is 9.51. The van der Waals surface area contributed by atoms with Gasteiger partial charge in [-0.3, -0.25) is 4.79 Å². The minimum Gasteiger partial charge on any atom is -0.480 e. The molecule has 26 heavy (non-hydrogen) atoms. The molecule has 1 atom stereocenters. The molecular weight excluding hydrogens is 332 g/mol. The molecule has 2 aliphatic heterocycles. The van der Waals surface area contributed by atoms with E-state index in [2.05, 4.69) is 25.5 Å². The highest BCUT2D eigenvalue weighted by Crippen LogP contribution is 2.27. The van der Waals surface area contributed by atoms with Crippen molar-refractivity contribution in [2.75, 3.05) is 26.7 Å². The number of likely N-dealkylation sites (tertiary alicyclic amines) is 1. The Morgan fingerprint density at radius 1 is 1.19 bits per heavy atom. The number of aromatic nitrogens is 4. The molecule has 2 aliphatic rings. The second kappa shape index (κ2) is 7.57. The molecule has 2 aromatic rings. The molecular formula is C18H26N6O2. The maximum Gasteiger partial charge on any atom is 0.231 e. The highest BCUT2D eigenvalue weighted by Gasteiger charge is 2.27. The lowest BCUT2D eigenvalue weighted by molar-refractivity contribution is -0.121. The van der Waals surface area contributed by atoms with Crippen LogP contribution in [0.25, 0.3) is 5.65 Å². The minimum absolute atomic E-state index is 0.206. The summed E-state index contributed by atoms with van der Waals surface area (Å²) in [6, 6.07) is 3.98. The Bertz CT molecular complexity index is 768. The number of methoxy groups -OCH3 is 1. The zero-order chi connectivity index (χ0) is 17.9. The lowest BCUT2D eigenvalue weighted by Gasteiger charge is -2.33. The third kappa shape index (κ3) is 3.65. The molecule has 8 nitrogen and oxygen atoms in total. The van der Waals surface area contributed by atoms with Gasteiger partial charge in [-0.1, -0.05) is 6.42 Å². The molecule has 0 saturated carbocycles. The van der Waals surface area contributed by atoms with Crippen molar-refractivity contribution < 1.29 is 9.53 Å². The highest BCUT2D eigenvalue weighted by molar-refractivity contribution is 5.76. The minimum atomic E-state index is 0.206. The molecule has 0 aliphatic carbocycles. The van der Waals surface area contributed by atoms with Gasteiger partial charge >= 0.3 is 0 Å². The van der Waals surface area contributed by atoms with Crippen molar-refractivity contribution in [1.82, 2.24) is 30.0 Å². The van der Waals surface area contributed by atoms with Gasteiger partial charge in [-0.15, -0.1) is 15.3 Å². The van der Waals surface area contributed by atoms with Crippen LogP contribution in [0.3, 0.4) is 0 Å². The van der Waals surface area contributed by atoms with Crippen molar-refractivity contribution in [2.45, 2.75) is 50.5 Å². The van der Waals surface area contributed by atoms with Gasteiger partial charge in [0, 0.05) is 31.0 Å². The first-order valence-electron chi connectivity index (χ1n) is 9.51. The number of nitrogens with one attached hydrogen (secondary N) is 1. The number of fused-ring (bicyclic) bond motifs is 1. The first-order chi connectivity index (χ1) is 12.7. The third-order valence-corrected chi connectivity index (χ3v) is 5.47. The van der Waals surface area contributed by atoms with E-state index < -0.39 is 0 Å². The van der Waals surface area contributed by atoms with Crippen LogP contribution in [0.2, 0.25) is 0 Å². The summed E-state index contributed by atoms with van der Waals surface area (Å²) in [5.74, 6) is 2.04. The number of amides is 1. The molecule has 0 spiro atoms. The van der Waals surface area contributed by atoms with Crippen LogP contribution in [-0.4, -0.2) is 63.4 Å². The topological polar surface area (TPSA) is 84.7 Å². The van der Waals surface area contributed by atoms with Gasteiger partial charge in [0.15, 0.2) is 11.5 Å². The van der Waals surface area contributed by atoms with Crippen LogP contribution in [0.5, 0.6) is 5.88 Å². The van der Waals surface area contributed by atoms with Crippen LogP contribution in [0, 0.1) is 0 Å². The summed E-state index contributed by atoms with van der Waals surface area (Å²) in [4.78, 5) is 14.2. The zero-order valence-corrected chi connectivity index (χ0v) is 15.2. The number of rotatable bonds is 4. The summed E-state index contributed by atoms with van der Waals surface area (Å²) in [5, 5.41) is 16.3. The Labute approximate surface area is 152 Å². The zero-order valence-electron chi connectivity index (χ0n) is 15.2. The largest absolute Gasteiger partial charge is 0.480 e. The summed E-state index contributed by atoms with van der Waals surface area (Å²) in [6.07, 6.45) is 5.97. The average Bonchev–Trinajstić information content (AvgIpc) is 2.97. The van der Waals surface area contributed by atoms with Gasteiger partial charge in [-0.25, -0.2) is 0 Å². The number of carbonyl (C=O) groups excluding carboxylic acids is 1. The van der Waals surface area contributed by atoms with Gasteiger partial charge in [0.05, 0.1) is 7.11 Å². The van der Waals surface area contributed by atoms with Crippen LogP contribution in [-0.2, 0) is 4.79 Å². The van der Waals surface area contributed by atoms with Crippen molar-refractivity contribution >= 4 is 11.6 Å². The van der Waals surface area contributed by atoms with Gasteiger partial charge in [-0.05, 0) is 44.8 Å². The summed E-state index contributed by atoms with van der Waals surface area (Å²) in [7, 11) is 1.61. The predicted molar refractivity (Wildman–Crippen MR) is 96.1 cm³/mol. The Morgan fingerprint density at radius 2 is 2.04 bits per heavy atom. The Hall–Kier alpha value is -2.22. The fourth-order valence-corrected chi connectivity index (χ4v) is 4.02. The Morgan fingerprint density at radius 3 is 2.85 bits per heavy atom. The summed E-state index contributed by atoms with van der Waals surface area (Å²) in [5.41, 5.74) is 0.754. The van der Waals surface area contributed by atoms with Crippen LogP contribution in [0.4, 0.5) is 0 Å². The summed E-state index contributed by atoms with van der Waals surface area (Å²) >= 11 is 0. The number of ether oxygens (including phenoxy) is 1. The van der Waals surface area contributed by atoms with Gasteiger partial charge in [0.25, 0.3) is 0 Å². The second-order valence-electron chi connectivity index (χ2n) is 7.29. The lowest BCUT2D eigenvalue weighted by atomic mass is 9.95. The average molecular weight is 358 g/mol. The van der Waals surface area contributed by atoms with Crippen molar-refractivity contribution in [2.24, 2.45) is 0 Å². The van der Waals surface area contributed by atoms with Crippen LogP contribution in [0.1, 0.15) is 50.3 Å². The third-order valence-electron chi connectivity index (χ3n) is 5.47. The van der Waals surface area contributed by atoms with Crippen molar-refractivity contribution in [3.8, 4) is 5.88 Å². The number of nitrogens with zero attached hydrogens (tertiary/aromatic N) is 5. The SMILES string of the molecule is COc1ccc2nnc(C3CCN(CC4CCCCC(=O)N4)CC3)n2n1. The molecule has 4 rings (SSSR count). The van der Waals surface area contributed by atoms with Gasteiger partial charge < -0.3 is 15.0 Å². The normalized spacial score (nSPS) is 23.0. The van der Waals surface area contributed by atoms with Crippen LogP contribution >= 0.6 is 0 Å². The fourth-order valence-electron chi connectivity index (χ4n) is 4.02. The highest BCUT2D eigenvalue weighted by atomic mass is 16.5. The molecule has 2 fully saturated rings. The molecule has 1 N–H and O–H groups in total. The molecule has 0 aromatic carbocycles. The number of carbonyl (C=O) groups is 1. The number of piperidine rings is 1. The number of hydrogen-bond acceptors (Lipinski definition) is 6. The van der Waals surface area contributed by atoms with Gasteiger partial charge in [-0.2, -0.15) is 4.52 Å². The number of hydrogen-bond donors (Lipinski definition) is 1. The molecule has 2 saturated heterocycles. The standard InChI is InChI=1S/C18H26N6O2/c1-26-17-7-6-15-20-21-18(24(15)22-17)13-8-10-23(11-9-13)12-14-4-2-3-5-16(25)19-14/h6-7,13-14H,2-5,8-12H2,1H3,(H,19,25). The monoisotopic (exact) mass is 358 g/mol. The van der Waals surface area contributed by atoms with Crippen LogP contribution < -0.4 is 10.1 Å². The summed E-state index contributed by atoms with van der Waals surface area (Å²) in [6.45, 7) is 2.97. The van der Waals surface area contributed by atoms with Gasteiger partial charge in [0.1, 0.15) is 0 Å².